The van der Waals surface area contributed by atoms with Gasteiger partial charge in [-0.3, -0.25) is 14.5 Å². The highest BCUT2D eigenvalue weighted by Gasteiger charge is 2.18. The highest BCUT2D eigenvalue weighted by molar-refractivity contribution is 7.71. The molecule has 3 aromatic rings. The number of aromatic amines is 1. The molecule has 132 valence electrons. The van der Waals surface area contributed by atoms with Crippen LogP contribution in [0, 0.1) is 4.77 Å². The molecule has 5 nitrogen and oxygen atoms in total. The molecule has 2 aromatic carbocycles. The predicted molar refractivity (Wildman–Crippen MR) is 105 cm³/mol. The largest absolute Gasteiger partial charge is 0.325 e. The first-order valence-corrected chi connectivity index (χ1v) is 9.21. The summed E-state index contributed by atoms with van der Waals surface area (Å²) in [5.74, 6) is 0.715. The van der Waals surface area contributed by atoms with E-state index in [9.17, 15) is 4.79 Å². The van der Waals surface area contributed by atoms with Gasteiger partial charge in [0.05, 0.1) is 0 Å². The van der Waals surface area contributed by atoms with Gasteiger partial charge < -0.3 is 5.32 Å². The summed E-state index contributed by atoms with van der Waals surface area (Å²) in [6.45, 7) is 2.24. The number of nitrogens with one attached hydrogen (secondary N) is 2. The van der Waals surface area contributed by atoms with Crippen LogP contribution in [0.15, 0.2) is 42.5 Å². The molecule has 1 aliphatic carbocycles. The molecule has 0 fully saturated rings. The number of hydrogen-bond acceptors (Lipinski definition) is 3. The van der Waals surface area contributed by atoms with Gasteiger partial charge in [-0.2, -0.15) is 5.10 Å². The number of anilines is 1. The summed E-state index contributed by atoms with van der Waals surface area (Å²) in [6, 6.07) is 14.5. The van der Waals surface area contributed by atoms with Crippen molar-refractivity contribution in [3.8, 4) is 11.1 Å². The molecule has 1 aliphatic rings. The van der Waals surface area contributed by atoms with Crippen LogP contribution in [0.3, 0.4) is 0 Å². The molecule has 4 rings (SSSR count). The van der Waals surface area contributed by atoms with Crippen LogP contribution >= 0.6 is 12.2 Å². The maximum absolute atomic E-state index is 12.5. The second kappa shape index (κ2) is 6.88. The minimum absolute atomic E-state index is 0.102. The second-order valence-corrected chi connectivity index (χ2v) is 6.92. The lowest BCUT2D eigenvalue weighted by molar-refractivity contribution is -0.116. The third-order valence-electron chi connectivity index (χ3n) is 4.69. The molecule has 26 heavy (non-hydrogen) atoms. The summed E-state index contributed by atoms with van der Waals surface area (Å²) in [5, 5.41) is 9.96. The van der Waals surface area contributed by atoms with Crippen molar-refractivity contribution in [3.63, 3.8) is 0 Å². The number of aryl methyl sites for hydroxylation is 1. The Morgan fingerprint density at radius 2 is 2.04 bits per heavy atom. The molecular weight excluding hydrogens is 344 g/mol. The number of rotatable bonds is 5. The predicted octanol–water partition coefficient (Wildman–Crippen LogP) is 4.10. The summed E-state index contributed by atoms with van der Waals surface area (Å²) in [4.78, 5) is 12.5. The lowest BCUT2D eigenvalue weighted by Crippen LogP contribution is -2.20. The van der Waals surface area contributed by atoms with Gasteiger partial charge in [0.15, 0.2) is 4.77 Å². The molecule has 0 atom stereocenters. The first-order chi connectivity index (χ1) is 12.7. The number of nitrogens with zero attached hydrogens (tertiary/aromatic N) is 2. The van der Waals surface area contributed by atoms with Crippen molar-refractivity contribution in [3.05, 3.63) is 64.2 Å². The number of hydrogen-bond donors (Lipinski definition) is 2. The third-order valence-corrected chi connectivity index (χ3v) is 5.00. The number of carbonyl (C=O) groups excluding carboxylic acids is 1. The fourth-order valence-electron chi connectivity index (χ4n) is 3.49. The molecule has 0 unspecified atom stereocenters. The Morgan fingerprint density at radius 1 is 1.23 bits per heavy atom. The zero-order chi connectivity index (χ0) is 18.1. The zero-order valence-electron chi connectivity index (χ0n) is 14.6. The maximum Gasteiger partial charge on any atom is 0.244 e. The Kier molecular flexibility index (Phi) is 4.42. The van der Waals surface area contributed by atoms with Gasteiger partial charge >= 0.3 is 0 Å². The molecule has 1 heterocycles. The van der Waals surface area contributed by atoms with Crippen LogP contribution in [0.5, 0.6) is 0 Å². The highest BCUT2D eigenvalue weighted by Crippen LogP contribution is 2.37. The fraction of sp³-hybridized carbons (Fsp3) is 0.250. The van der Waals surface area contributed by atoms with Crippen molar-refractivity contribution in [2.24, 2.45) is 0 Å². The monoisotopic (exact) mass is 364 g/mol. The van der Waals surface area contributed by atoms with Gasteiger partial charge in [0, 0.05) is 12.1 Å². The van der Waals surface area contributed by atoms with Crippen LogP contribution in [0.25, 0.3) is 11.1 Å². The van der Waals surface area contributed by atoms with Crippen LogP contribution in [-0.4, -0.2) is 20.7 Å². The highest BCUT2D eigenvalue weighted by atomic mass is 32.1. The lowest BCUT2D eigenvalue weighted by atomic mass is 10.1. The van der Waals surface area contributed by atoms with E-state index in [4.69, 9.17) is 12.2 Å². The zero-order valence-corrected chi connectivity index (χ0v) is 15.4. The van der Waals surface area contributed by atoms with Gasteiger partial charge in [0.2, 0.25) is 5.91 Å². The Labute approximate surface area is 157 Å². The van der Waals surface area contributed by atoms with E-state index in [-0.39, 0.29) is 12.5 Å². The van der Waals surface area contributed by atoms with Crippen molar-refractivity contribution in [2.45, 2.75) is 32.7 Å². The number of H-pyrrole nitrogens is 1. The summed E-state index contributed by atoms with van der Waals surface area (Å²) < 4.78 is 2.24. The van der Waals surface area contributed by atoms with Crippen molar-refractivity contribution in [1.82, 2.24) is 14.8 Å². The van der Waals surface area contributed by atoms with E-state index in [1.54, 1.807) is 4.57 Å². The van der Waals surface area contributed by atoms with Gasteiger partial charge in [0.25, 0.3) is 0 Å². The van der Waals surface area contributed by atoms with E-state index in [0.717, 1.165) is 30.8 Å². The van der Waals surface area contributed by atoms with E-state index in [0.29, 0.717) is 4.77 Å². The van der Waals surface area contributed by atoms with Gasteiger partial charge in [0.1, 0.15) is 12.4 Å². The summed E-state index contributed by atoms with van der Waals surface area (Å²) in [6.07, 6.45) is 2.65. The van der Waals surface area contributed by atoms with Crippen LogP contribution < -0.4 is 5.32 Å². The number of aromatic nitrogens is 3. The quantitative estimate of drug-likeness (QED) is 0.524. The molecule has 0 saturated heterocycles. The third kappa shape index (κ3) is 3.08. The average Bonchev–Trinajstić information content (AvgIpc) is 3.16. The van der Waals surface area contributed by atoms with E-state index in [1.807, 2.05) is 6.07 Å². The van der Waals surface area contributed by atoms with Gasteiger partial charge in [-0.15, -0.1) is 0 Å². The molecule has 0 spiro atoms. The number of carbonyl (C=O) groups is 1. The first-order valence-electron chi connectivity index (χ1n) is 8.81. The summed E-state index contributed by atoms with van der Waals surface area (Å²) in [7, 11) is 0. The molecule has 1 aromatic heterocycles. The van der Waals surface area contributed by atoms with E-state index < -0.39 is 0 Å². The van der Waals surface area contributed by atoms with Crippen molar-refractivity contribution < 1.29 is 4.79 Å². The fourth-order valence-corrected chi connectivity index (χ4v) is 3.71. The molecular formula is C20H20N4OS. The second-order valence-electron chi connectivity index (χ2n) is 6.54. The number of benzene rings is 2. The van der Waals surface area contributed by atoms with Crippen molar-refractivity contribution >= 4 is 23.8 Å². The number of amides is 1. The standard InChI is InChI=1S/C20H20N4OS/c1-2-5-18-22-23-20(26)24(18)12-19(25)21-15-8-9-17-14(11-15)10-13-6-3-4-7-16(13)17/h3-4,6-9,11H,2,5,10,12H2,1H3,(H,21,25)(H,23,26). The molecule has 1 amide bonds. The molecule has 0 bridgehead atoms. The Balaban J connectivity index is 1.50. The summed E-state index contributed by atoms with van der Waals surface area (Å²) >= 11 is 5.24. The smallest absolute Gasteiger partial charge is 0.244 e. The number of fused-ring (bicyclic) bond motifs is 3. The van der Waals surface area contributed by atoms with Crippen LogP contribution in [-0.2, 0) is 24.2 Å². The SMILES string of the molecule is CCCc1n[nH]c(=S)n1CC(=O)Nc1ccc2c(c1)Cc1ccccc1-2. The van der Waals surface area contributed by atoms with Gasteiger partial charge in [-0.1, -0.05) is 37.3 Å². The summed E-state index contributed by atoms with van der Waals surface area (Å²) in [5.41, 5.74) is 5.93. The van der Waals surface area contributed by atoms with E-state index in [1.165, 1.54) is 22.3 Å². The minimum Gasteiger partial charge on any atom is -0.325 e. The lowest BCUT2D eigenvalue weighted by Gasteiger charge is -2.09. The normalized spacial score (nSPS) is 11.9. The van der Waals surface area contributed by atoms with Crippen LogP contribution in [0.1, 0.15) is 30.3 Å². The van der Waals surface area contributed by atoms with Crippen molar-refractivity contribution in [1.29, 1.82) is 0 Å². The Morgan fingerprint density at radius 3 is 2.88 bits per heavy atom. The van der Waals surface area contributed by atoms with Crippen LogP contribution in [0.2, 0.25) is 0 Å². The molecule has 6 heteroatoms. The molecule has 0 saturated carbocycles. The molecule has 0 aliphatic heterocycles. The molecule has 0 radical (unpaired) electrons. The van der Waals surface area contributed by atoms with Gasteiger partial charge in [-0.05, 0) is 59.4 Å². The van der Waals surface area contributed by atoms with Crippen LogP contribution in [0.4, 0.5) is 5.69 Å². The maximum atomic E-state index is 12.5. The molecule has 2 N–H and O–H groups in total. The first kappa shape index (κ1) is 16.7. The van der Waals surface area contributed by atoms with E-state index in [2.05, 4.69) is 58.8 Å². The Bertz CT molecular complexity index is 1030. The Hall–Kier alpha value is -2.73. The van der Waals surface area contributed by atoms with E-state index >= 15 is 0 Å². The van der Waals surface area contributed by atoms with Gasteiger partial charge in [-0.25, -0.2) is 0 Å². The minimum atomic E-state index is -0.102. The average molecular weight is 364 g/mol. The van der Waals surface area contributed by atoms with Crippen molar-refractivity contribution in [2.75, 3.05) is 5.32 Å². The topological polar surface area (TPSA) is 62.7 Å².